The fraction of sp³-hybridized carbons (Fsp3) is 0.519. The van der Waals surface area contributed by atoms with Crippen molar-refractivity contribution in [1.82, 2.24) is 15.2 Å². The van der Waals surface area contributed by atoms with Crippen LogP contribution in [0.5, 0.6) is 0 Å². The second kappa shape index (κ2) is 9.05. The van der Waals surface area contributed by atoms with Crippen LogP contribution >= 0.6 is 0 Å². The van der Waals surface area contributed by atoms with Crippen molar-refractivity contribution in [2.45, 2.75) is 88.3 Å². The Bertz CT molecular complexity index is 962. The number of carbonyl (C=O) groups excluding carboxylic acids is 2. The fourth-order valence-corrected chi connectivity index (χ4v) is 6.43. The summed E-state index contributed by atoms with van der Waals surface area (Å²) in [6.45, 7) is 0.409. The third-order valence-electron chi connectivity index (χ3n) is 7.83. The first-order chi connectivity index (χ1) is 15.7. The Morgan fingerprint density at radius 3 is 2.44 bits per heavy atom. The summed E-state index contributed by atoms with van der Waals surface area (Å²) in [4.78, 5) is 34.4. The van der Waals surface area contributed by atoms with Crippen LogP contribution in [0, 0.1) is 0 Å². The van der Waals surface area contributed by atoms with Crippen molar-refractivity contribution in [3.8, 4) is 0 Å². The number of fused-ring (bicyclic) bond motifs is 1. The summed E-state index contributed by atoms with van der Waals surface area (Å²) < 4.78 is 0. The van der Waals surface area contributed by atoms with Crippen LogP contribution < -0.4 is 5.32 Å². The lowest BCUT2D eigenvalue weighted by atomic mass is 9.64. The molecule has 5 rings (SSSR count). The Kier molecular flexibility index (Phi) is 5.99. The van der Waals surface area contributed by atoms with Crippen molar-refractivity contribution < 1.29 is 9.59 Å². The third-order valence-corrected chi connectivity index (χ3v) is 7.83. The van der Waals surface area contributed by atoms with Gasteiger partial charge in [-0.25, -0.2) is 0 Å². The van der Waals surface area contributed by atoms with E-state index >= 15 is 0 Å². The molecular formula is C27H33N3O2. The summed E-state index contributed by atoms with van der Waals surface area (Å²) in [6, 6.07) is 13.8. The molecule has 0 saturated heterocycles. The largest absolute Gasteiger partial charge is 0.350 e. The molecule has 3 aliphatic rings. The minimum absolute atomic E-state index is 0.0262. The van der Waals surface area contributed by atoms with Crippen LogP contribution in [-0.4, -0.2) is 33.3 Å². The van der Waals surface area contributed by atoms with Gasteiger partial charge in [0.1, 0.15) is 0 Å². The molecule has 1 atom stereocenters. The molecule has 2 aromatic rings. The zero-order chi connectivity index (χ0) is 22.0. The molecule has 2 fully saturated rings. The van der Waals surface area contributed by atoms with Crippen LogP contribution in [0.2, 0.25) is 0 Å². The van der Waals surface area contributed by atoms with Crippen LogP contribution in [-0.2, 0) is 11.3 Å². The van der Waals surface area contributed by atoms with Crippen molar-refractivity contribution in [2.75, 3.05) is 0 Å². The number of pyridine rings is 1. The standard InChI is InChI=1S/C27H33N3O2/c31-25(29-19-20-11-7-10-18-28-20)24-22-14-5-6-15-23(22)26(32)30(21-12-3-1-4-13-21)27(24)16-8-2-9-17-27/h5-7,10-11,14-15,18,21,24H,1-4,8-9,12-13,16-17,19H2,(H,29,31)/t24-/m1/s1. The molecule has 2 aliphatic carbocycles. The van der Waals surface area contributed by atoms with Crippen molar-refractivity contribution in [2.24, 2.45) is 0 Å². The SMILES string of the molecule is O=C(NCc1ccccn1)[C@H]1c2ccccc2C(=O)N(C2CCCCC2)C12CCCCC2. The lowest BCUT2D eigenvalue weighted by Crippen LogP contribution is -2.65. The monoisotopic (exact) mass is 431 g/mol. The van der Waals surface area contributed by atoms with E-state index in [0.717, 1.165) is 49.8 Å². The predicted molar refractivity (Wildman–Crippen MR) is 124 cm³/mol. The zero-order valence-electron chi connectivity index (χ0n) is 18.8. The van der Waals surface area contributed by atoms with Gasteiger partial charge in [-0.15, -0.1) is 0 Å². The quantitative estimate of drug-likeness (QED) is 0.743. The van der Waals surface area contributed by atoms with Gasteiger partial charge in [-0.3, -0.25) is 14.6 Å². The number of nitrogens with one attached hydrogen (secondary N) is 1. The Morgan fingerprint density at radius 1 is 0.969 bits per heavy atom. The molecule has 2 amide bonds. The highest BCUT2D eigenvalue weighted by Crippen LogP contribution is 2.51. The first kappa shape index (κ1) is 21.2. The molecule has 168 valence electrons. The molecule has 0 radical (unpaired) electrons. The summed E-state index contributed by atoms with van der Waals surface area (Å²) >= 11 is 0. The van der Waals surface area contributed by atoms with Gasteiger partial charge in [0.05, 0.1) is 23.7 Å². The van der Waals surface area contributed by atoms with Crippen molar-refractivity contribution in [3.63, 3.8) is 0 Å². The van der Waals surface area contributed by atoms with E-state index in [-0.39, 0.29) is 23.8 Å². The minimum atomic E-state index is -0.417. The highest BCUT2D eigenvalue weighted by atomic mass is 16.2. The number of hydrogen-bond acceptors (Lipinski definition) is 3. The van der Waals surface area contributed by atoms with Crippen molar-refractivity contribution in [3.05, 3.63) is 65.5 Å². The molecule has 1 aromatic heterocycles. The first-order valence-electron chi connectivity index (χ1n) is 12.3. The van der Waals surface area contributed by atoms with Gasteiger partial charge in [-0.1, -0.05) is 62.8 Å². The first-order valence-corrected chi connectivity index (χ1v) is 12.3. The minimum Gasteiger partial charge on any atom is -0.350 e. The van der Waals surface area contributed by atoms with E-state index in [4.69, 9.17) is 0 Å². The van der Waals surface area contributed by atoms with E-state index < -0.39 is 5.54 Å². The third kappa shape index (κ3) is 3.72. The number of nitrogens with zero attached hydrogens (tertiary/aromatic N) is 2. The molecule has 32 heavy (non-hydrogen) atoms. The van der Waals surface area contributed by atoms with E-state index in [1.165, 1.54) is 25.7 Å². The van der Waals surface area contributed by atoms with Gasteiger partial charge in [0, 0.05) is 17.8 Å². The van der Waals surface area contributed by atoms with Crippen LogP contribution in [0.15, 0.2) is 48.7 Å². The molecule has 1 N–H and O–H groups in total. The lowest BCUT2D eigenvalue weighted by Gasteiger charge is -2.57. The van der Waals surface area contributed by atoms with Crippen molar-refractivity contribution in [1.29, 1.82) is 0 Å². The van der Waals surface area contributed by atoms with Gasteiger partial charge >= 0.3 is 0 Å². The maximum atomic E-state index is 13.9. The van der Waals surface area contributed by atoms with Crippen LogP contribution in [0.25, 0.3) is 0 Å². The number of benzene rings is 1. The second-order valence-corrected chi connectivity index (χ2v) is 9.69. The van der Waals surface area contributed by atoms with Gasteiger partial charge in [0.15, 0.2) is 0 Å². The smallest absolute Gasteiger partial charge is 0.254 e. The highest BCUT2D eigenvalue weighted by molar-refractivity contribution is 6.02. The predicted octanol–water partition coefficient (Wildman–Crippen LogP) is 4.97. The Hall–Kier alpha value is -2.69. The zero-order valence-corrected chi connectivity index (χ0v) is 18.8. The lowest BCUT2D eigenvalue weighted by molar-refractivity contribution is -0.128. The molecule has 2 heterocycles. The molecule has 0 unspecified atom stereocenters. The van der Waals surface area contributed by atoms with E-state index in [0.29, 0.717) is 12.1 Å². The topological polar surface area (TPSA) is 62.3 Å². The molecule has 1 aromatic carbocycles. The average Bonchev–Trinajstić information content (AvgIpc) is 2.85. The summed E-state index contributed by atoms with van der Waals surface area (Å²) in [5, 5.41) is 3.18. The van der Waals surface area contributed by atoms with Gasteiger partial charge in [0.2, 0.25) is 5.91 Å². The van der Waals surface area contributed by atoms with E-state index in [1.807, 2.05) is 42.5 Å². The number of hydrogen-bond donors (Lipinski definition) is 1. The molecule has 0 bridgehead atoms. The fourth-order valence-electron chi connectivity index (χ4n) is 6.43. The van der Waals surface area contributed by atoms with Crippen LogP contribution in [0.1, 0.15) is 91.7 Å². The van der Waals surface area contributed by atoms with Gasteiger partial charge in [-0.2, -0.15) is 0 Å². The maximum Gasteiger partial charge on any atom is 0.254 e. The number of carbonyl (C=O) groups is 2. The maximum absolute atomic E-state index is 13.9. The summed E-state index contributed by atoms with van der Waals surface area (Å²) in [5.74, 6) is -0.163. The number of aromatic nitrogens is 1. The highest BCUT2D eigenvalue weighted by Gasteiger charge is 2.56. The van der Waals surface area contributed by atoms with Crippen LogP contribution in [0.4, 0.5) is 0 Å². The van der Waals surface area contributed by atoms with E-state index in [9.17, 15) is 9.59 Å². The average molecular weight is 432 g/mol. The van der Waals surface area contributed by atoms with Gasteiger partial charge in [-0.05, 0) is 49.4 Å². The summed E-state index contributed by atoms with van der Waals surface area (Å²) in [5.41, 5.74) is 2.06. The normalized spacial score (nSPS) is 23.1. The molecule has 1 spiro atoms. The Balaban J connectivity index is 1.55. The van der Waals surface area contributed by atoms with Gasteiger partial charge < -0.3 is 10.2 Å². The summed E-state index contributed by atoms with van der Waals surface area (Å²) in [6.07, 6.45) is 12.6. The molecular weight excluding hydrogens is 398 g/mol. The molecule has 2 saturated carbocycles. The number of rotatable bonds is 4. The molecule has 1 aliphatic heterocycles. The number of amides is 2. The van der Waals surface area contributed by atoms with Crippen molar-refractivity contribution >= 4 is 11.8 Å². The van der Waals surface area contributed by atoms with E-state index in [1.54, 1.807) is 6.20 Å². The Morgan fingerprint density at radius 2 is 1.69 bits per heavy atom. The summed E-state index contributed by atoms with van der Waals surface area (Å²) in [7, 11) is 0. The van der Waals surface area contributed by atoms with Crippen LogP contribution in [0.3, 0.4) is 0 Å². The molecule has 5 nitrogen and oxygen atoms in total. The van der Waals surface area contributed by atoms with Gasteiger partial charge in [0.25, 0.3) is 5.91 Å². The molecule has 5 heteroatoms. The second-order valence-electron chi connectivity index (χ2n) is 9.69. The Labute approximate surface area is 190 Å². The van der Waals surface area contributed by atoms with E-state index in [2.05, 4.69) is 15.2 Å².